The molecule has 1 fully saturated rings. The van der Waals surface area contributed by atoms with E-state index in [0.29, 0.717) is 24.3 Å². The van der Waals surface area contributed by atoms with Gasteiger partial charge in [-0.1, -0.05) is 24.6 Å². The molecule has 1 aromatic rings. The highest BCUT2D eigenvalue weighted by atomic mass is 32.2. The SMILES string of the molecule is N#CCCN(CCC#N)C(=O)CSc1nnnn1C1CCCC1. The highest BCUT2D eigenvalue weighted by molar-refractivity contribution is 7.99. The van der Waals surface area contributed by atoms with Gasteiger partial charge in [-0.05, 0) is 23.3 Å². The molecule has 0 spiro atoms. The van der Waals surface area contributed by atoms with E-state index >= 15 is 0 Å². The summed E-state index contributed by atoms with van der Waals surface area (Å²) in [5.74, 6) is 0.116. The van der Waals surface area contributed by atoms with Gasteiger partial charge in [0.2, 0.25) is 11.1 Å². The number of thioether (sulfide) groups is 1. The predicted molar refractivity (Wildman–Crippen MR) is 83.1 cm³/mol. The van der Waals surface area contributed by atoms with E-state index in [2.05, 4.69) is 15.5 Å². The summed E-state index contributed by atoms with van der Waals surface area (Å²) in [7, 11) is 0. The minimum atomic E-state index is -0.0959. The van der Waals surface area contributed by atoms with Crippen LogP contribution in [0.15, 0.2) is 5.16 Å². The first-order valence-electron chi connectivity index (χ1n) is 7.68. The Hall–Kier alpha value is -2.13. The van der Waals surface area contributed by atoms with Gasteiger partial charge in [-0.25, -0.2) is 4.68 Å². The van der Waals surface area contributed by atoms with Crippen LogP contribution in [0.25, 0.3) is 0 Å². The van der Waals surface area contributed by atoms with Crippen LogP contribution in [-0.2, 0) is 4.79 Å². The molecule has 0 radical (unpaired) electrons. The van der Waals surface area contributed by atoms with Gasteiger partial charge >= 0.3 is 0 Å². The molecule has 0 N–H and O–H groups in total. The number of carbonyl (C=O) groups excluding carboxylic acids is 1. The Bertz CT molecular complexity index is 579. The third-order valence-electron chi connectivity index (χ3n) is 3.80. The third-order valence-corrected chi connectivity index (χ3v) is 4.72. The lowest BCUT2D eigenvalue weighted by atomic mass is 10.3. The third kappa shape index (κ3) is 4.93. The molecule has 0 aliphatic heterocycles. The van der Waals surface area contributed by atoms with Crippen LogP contribution in [0.1, 0.15) is 44.6 Å². The summed E-state index contributed by atoms with van der Waals surface area (Å²) in [4.78, 5) is 13.8. The number of nitrogens with zero attached hydrogens (tertiary/aromatic N) is 7. The second-order valence-electron chi connectivity index (χ2n) is 5.33. The van der Waals surface area contributed by atoms with E-state index in [-0.39, 0.29) is 24.5 Å². The van der Waals surface area contributed by atoms with Crippen LogP contribution in [0.2, 0.25) is 0 Å². The van der Waals surface area contributed by atoms with Crippen molar-refractivity contribution in [2.75, 3.05) is 18.8 Å². The Kier molecular flexibility index (Phi) is 6.82. The highest BCUT2D eigenvalue weighted by Crippen LogP contribution is 2.31. The normalized spacial score (nSPS) is 14.3. The van der Waals surface area contributed by atoms with Crippen molar-refractivity contribution in [2.24, 2.45) is 0 Å². The summed E-state index contributed by atoms with van der Waals surface area (Å²) in [6, 6.07) is 4.38. The molecule has 8 nitrogen and oxygen atoms in total. The van der Waals surface area contributed by atoms with Crippen LogP contribution >= 0.6 is 11.8 Å². The van der Waals surface area contributed by atoms with Crippen molar-refractivity contribution in [3.05, 3.63) is 0 Å². The lowest BCUT2D eigenvalue weighted by Gasteiger charge is -2.20. The van der Waals surface area contributed by atoms with Gasteiger partial charge in [0.25, 0.3) is 0 Å². The summed E-state index contributed by atoms with van der Waals surface area (Å²) < 4.78 is 1.82. The predicted octanol–water partition coefficient (Wildman–Crippen LogP) is 1.54. The minimum absolute atomic E-state index is 0.0959. The van der Waals surface area contributed by atoms with E-state index in [9.17, 15) is 4.79 Å². The van der Waals surface area contributed by atoms with Gasteiger partial charge in [0, 0.05) is 13.1 Å². The maximum absolute atomic E-state index is 12.3. The van der Waals surface area contributed by atoms with Gasteiger partial charge in [0.05, 0.1) is 36.8 Å². The Morgan fingerprint density at radius 1 is 1.26 bits per heavy atom. The summed E-state index contributed by atoms with van der Waals surface area (Å²) >= 11 is 1.31. The molecule has 1 heterocycles. The van der Waals surface area contributed by atoms with Crippen LogP contribution in [-0.4, -0.2) is 49.9 Å². The second kappa shape index (κ2) is 9.11. The van der Waals surface area contributed by atoms with Crippen LogP contribution < -0.4 is 0 Å². The van der Waals surface area contributed by atoms with Crippen LogP contribution in [0, 0.1) is 22.7 Å². The fourth-order valence-electron chi connectivity index (χ4n) is 2.61. The van der Waals surface area contributed by atoms with Gasteiger partial charge in [-0.2, -0.15) is 10.5 Å². The number of hydrogen-bond donors (Lipinski definition) is 0. The van der Waals surface area contributed by atoms with Crippen LogP contribution in [0.5, 0.6) is 0 Å². The van der Waals surface area contributed by atoms with E-state index in [1.165, 1.54) is 24.6 Å². The van der Waals surface area contributed by atoms with Crippen molar-refractivity contribution in [1.29, 1.82) is 10.5 Å². The average Bonchev–Trinajstić information content (AvgIpc) is 3.23. The summed E-state index contributed by atoms with van der Waals surface area (Å²) in [6.07, 6.45) is 5.04. The number of rotatable bonds is 8. The topological polar surface area (TPSA) is 111 Å². The van der Waals surface area contributed by atoms with Crippen molar-refractivity contribution >= 4 is 17.7 Å². The maximum Gasteiger partial charge on any atom is 0.233 e. The first kappa shape index (κ1) is 17.2. The standard InChI is InChI=1S/C14H19N7OS/c15-7-3-9-20(10-4-8-16)13(22)11-23-14-17-18-19-21(14)12-5-1-2-6-12/h12H,1-6,9-11H2. The monoisotopic (exact) mass is 333 g/mol. The number of carbonyl (C=O) groups is 1. The van der Waals surface area contributed by atoms with E-state index in [1.807, 2.05) is 16.8 Å². The molecule has 0 bridgehead atoms. The Labute approximate surface area is 139 Å². The number of aromatic nitrogens is 4. The van der Waals surface area contributed by atoms with E-state index < -0.39 is 0 Å². The molecule has 0 saturated heterocycles. The molecule has 0 atom stereocenters. The fourth-order valence-corrected chi connectivity index (χ4v) is 3.45. The minimum Gasteiger partial charge on any atom is -0.340 e. The molecule has 1 aliphatic rings. The molecule has 1 aromatic heterocycles. The second-order valence-corrected chi connectivity index (χ2v) is 6.27. The molecule has 0 unspecified atom stereocenters. The fraction of sp³-hybridized carbons (Fsp3) is 0.714. The molecule has 1 saturated carbocycles. The molecule has 23 heavy (non-hydrogen) atoms. The lowest BCUT2D eigenvalue weighted by Crippen LogP contribution is -2.34. The molecular weight excluding hydrogens is 314 g/mol. The summed E-state index contributed by atoms with van der Waals surface area (Å²) in [5, 5.41) is 29.8. The smallest absolute Gasteiger partial charge is 0.233 e. The van der Waals surface area contributed by atoms with Crippen molar-refractivity contribution in [3.8, 4) is 12.1 Å². The van der Waals surface area contributed by atoms with Gasteiger partial charge in [0.1, 0.15) is 0 Å². The molecule has 1 amide bonds. The zero-order valence-electron chi connectivity index (χ0n) is 12.9. The summed E-state index contributed by atoms with van der Waals surface area (Å²) in [6.45, 7) is 0.705. The molecule has 1 aliphatic carbocycles. The molecule has 2 rings (SSSR count). The van der Waals surface area contributed by atoms with Crippen molar-refractivity contribution < 1.29 is 4.79 Å². The Morgan fingerprint density at radius 2 is 1.91 bits per heavy atom. The number of amides is 1. The average molecular weight is 333 g/mol. The van der Waals surface area contributed by atoms with Crippen LogP contribution in [0.4, 0.5) is 0 Å². The van der Waals surface area contributed by atoms with Gasteiger partial charge in [-0.15, -0.1) is 5.10 Å². The first-order valence-corrected chi connectivity index (χ1v) is 8.67. The lowest BCUT2D eigenvalue weighted by molar-refractivity contribution is -0.128. The van der Waals surface area contributed by atoms with Gasteiger partial charge in [0.15, 0.2) is 0 Å². The number of nitriles is 2. The quantitative estimate of drug-likeness (QED) is 0.663. The molecule has 0 aromatic carbocycles. The van der Waals surface area contributed by atoms with Crippen molar-refractivity contribution in [1.82, 2.24) is 25.1 Å². The van der Waals surface area contributed by atoms with E-state index in [4.69, 9.17) is 10.5 Å². The van der Waals surface area contributed by atoms with E-state index in [0.717, 1.165) is 12.8 Å². The van der Waals surface area contributed by atoms with Gasteiger partial charge < -0.3 is 4.90 Å². The maximum atomic E-state index is 12.3. The summed E-state index contributed by atoms with van der Waals surface area (Å²) in [5.41, 5.74) is 0. The number of tetrazole rings is 1. The Balaban J connectivity index is 1.90. The van der Waals surface area contributed by atoms with Gasteiger partial charge in [-0.3, -0.25) is 4.79 Å². The zero-order valence-corrected chi connectivity index (χ0v) is 13.7. The molecular formula is C14H19N7OS. The van der Waals surface area contributed by atoms with Crippen molar-refractivity contribution in [2.45, 2.75) is 49.7 Å². The molecule has 122 valence electrons. The highest BCUT2D eigenvalue weighted by Gasteiger charge is 2.22. The number of hydrogen-bond acceptors (Lipinski definition) is 7. The van der Waals surface area contributed by atoms with Crippen LogP contribution in [0.3, 0.4) is 0 Å². The van der Waals surface area contributed by atoms with Crippen molar-refractivity contribution in [3.63, 3.8) is 0 Å². The van der Waals surface area contributed by atoms with E-state index in [1.54, 1.807) is 4.90 Å². The molecule has 9 heteroatoms. The Morgan fingerprint density at radius 3 is 2.52 bits per heavy atom. The largest absolute Gasteiger partial charge is 0.340 e. The first-order chi connectivity index (χ1) is 11.3. The zero-order chi connectivity index (χ0) is 16.5.